The Morgan fingerprint density at radius 1 is 1.39 bits per heavy atom. The Morgan fingerprint density at radius 3 is 3.13 bits per heavy atom. The van der Waals surface area contributed by atoms with Gasteiger partial charge in [0.2, 0.25) is 0 Å². The molecule has 3 N–H and O–H groups in total. The zero-order chi connectivity index (χ0) is 16.1. The lowest BCUT2D eigenvalue weighted by Crippen LogP contribution is -2.29. The molecule has 0 fully saturated rings. The van der Waals surface area contributed by atoms with Crippen molar-refractivity contribution in [3.8, 4) is 0 Å². The maximum absolute atomic E-state index is 13.5. The summed E-state index contributed by atoms with van der Waals surface area (Å²) >= 11 is 1.59. The molecule has 2 aromatic rings. The number of aromatic nitrogens is 2. The molecule has 5 nitrogen and oxygen atoms in total. The summed E-state index contributed by atoms with van der Waals surface area (Å²) in [5.41, 5.74) is 3.18. The Kier molecular flexibility index (Phi) is 5.30. The van der Waals surface area contributed by atoms with E-state index in [1.165, 1.54) is 6.07 Å². The van der Waals surface area contributed by atoms with E-state index < -0.39 is 0 Å². The number of aromatic amines is 1. The molecule has 0 radical (unpaired) electrons. The molecule has 122 valence electrons. The van der Waals surface area contributed by atoms with Gasteiger partial charge in [0.25, 0.3) is 5.91 Å². The molecule has 0 saturated carbocycles. The fraction of sp³-hybridized carbons (Fsp3) is 0.375. The van der Waals surface area contributed by atoms with Crippen LogP contribution in [0.2, 0.25) is 0 Å². The molecule has 1 aromatic carbocycles. The first-order valence-corrected chi connectivity index (χ1v) is 8.77. The van der Waals surface area contributed by atoms with E-state index in [2.05, 4.69) is 20.8 Å². The van der Waals surface area contributed by atoms with Gasteiger partial charge in [-0.2, -0.15) is 16.9 Å². The van der Waals surface area contributed by atoms with E-state index in [-0.39, 0.29) is 11.7 Å². The quantitative estimate of drug-likeness (QED) is 0.705. The fourth-order valence-electron chi connectivity index (χ4n) is 2.53. The molecule has 2 heterocycles. The largest absolute Gasteiger partial charge is 0.350 e. The third-order valence-corrected chi connectivity index (χ3v) is 4.78. The van der Waals surface area contributed by atoms with Crippen molar-refractivity contribution in [1.82, 2.24) is 20.8 Å². The number of hydrogen-bond donors (Lipinski definition) is 3. The van der Waals surface area contributed by atoms with Crippen molar-refractivity contribution >= 4 is 17.7 Å². The monoisotopic (exact) mass is 334 g/mol. The summed E-state index contributed by atoms with van der Waals surface area (Å²) in [6.45, 7) is 2.12. The summed E-state index contributed by atoms with van der Waals surface area (Å²) < 4.78 is 13.5. The van der Waals surface area contributed by atoms with Crippen LogP contribution < -0.4 is 10.6 Å². The minimum atomic E-state index is -0.181. The van der Waals surface area contributed by atoms with E-state index in [4.69, 9.17) is 0 Å². The molecule has 1 aliphatic rings. The van der Waals surface area contributed by atoms with Crippen LogP contribution in [-0.2, 0) is 18.7 Å². The number of nitrogens with zero attached hydrogens (tertiary/aromatic N) is 1. The van der Waals surface area contributed by atoms with Crippen LogP contribution >= 0.6 is 11.8 Å². The summed E-state index contributed by atoms with van der Waals surface area (Å²) in [5.74, 6) is 0.993. The third kappa shape index (κ3) is 3.92. The Bertz CT molecular complexity index is 688. The second-order valence-corrected chi connectivity index (χ2v) is 6.46. The van der Waals surface area contributed by atoms with Crippen molar-refractivity contribution in [2.24, 2.45) is 0 Å². The Morgan fingerprint density at radius 2 is 2.26 bits per heavy atom. The molecule has 1 aromatic heterocycles. The normalized spacial score (nSPS) is 13.6. The van der Waals surface area contributed by atoms with Crippen LogP contribution in [0.3, 0.4) is 0 Å². The fourth-order valence-corrected chi connectivity index (χ4v) is 3.38. The topological polar surface area (TPSA) is 69.8 Å². The molecule has 0 unspecified atom stereocenters. The maximum atomic E-state index is 13.5. The summed E-state index contributed by atoms with van der Waals surface area (Å²) in [6.07, 6.45) is 0.869. The average Bonchev–Trinajstić information content (AvgIpc) is 3.00. The molecule has 0 atom stereocenters. The Labute approximate surface area is 138 Å². The first kappa shape index (κ1) is 16.0. The maximum Gasteiger partial charge on any atom is 0.272 e. The predicted octanol–water partition coefficient (Wildman–Crippen LogP) is 1.86. The van der Waals surface area contributed by atoms with E-state index in [1.54, 1.807) is 23.9 Å². The van der Waals surface area contributed by atoms with Gasteiger partial charge in [-0.25, -0.2) is 4.39 Å². The number of halogens is 1. The van der Waals surface area contributed by atoms with Crippen molar-refractivity contribution in [2.45, 2.75) is 18.7 Å². The first-order valence-electron chi connectivity index (χ1n) is 7.62. The van der Waals surface area contributed by atoms with Crippen molar-refractivity contribution in [2.75, 3.05) is 18.8 Å². The zero-order valence-electron chi connectivity index (χ0n) is 12.7. The second kappa shape index (κ2) is 7.61. The van der Waals surface area contributed by atoms with Gasteiger partial charge in [0.15, 0.2) is 5.69 Å². The number of hydrogen-bond acceptors (Lipinski definition) is 4. The summed E-state index contributed by atoms with van der Waals surface area (Å²) in [5, 5.41) is 13.2. The van der Waals surface area contributed by atoms with Crippen LogP contribution in [0, 0.1) is 5.82 Å². The van der Waals surface area contributed by atoms with E-state index in [0.717, 1.165) is 30.0 Å². The minimum Gasteiger partial charge on any atom is -0.350 e. The molecule has 3 rings (SSSR count). The number of rotatable bonds is 6. The lowest BCUT2D eigenvalue weighted by atomic mass is 10.1. The number of carbonyl (C=O) groups excluding carboxylic acids is 1. The standard InChI is InChI=1S/C16H19FN4OS/c17-13-4-2-1-3-11(13)10-23-8-7-19-16(22)15-12-9-18-6-5-14(12)20-21-15/h1-4,18H,5-10H2,(H,19,22)(H,20,21). The van der Waals surface area contributed by atoms with Gasteiger partial charge >= 0.3 is 0 Å². The molecule has 0 saturated heterocycles. The van der Waals surface area contributed by atoms with Crippen LogP contribution in [0.5, 0.6) is 0 Å². The van der Waals surface area contributed by atoms with Gasteiger partial charge < -0.3 is 10.6 Å². The van der Waals surface area contributed by atoms with Crippen molar-refractivity contribution in [1.29, 1.82) is 0 Å². The summed E-state index contributed by atoms with van der Waals surface area (Å²) in [7, 11) is 0. The summed E-state index contributed by atoms with van der Waals surface area (Å²) in [4.78, 5) is 12.2. The molecule has 0 spiro atoms. The average molecular weight is 334 g/mol. The number of carbonyl (C=O) groups is 1. The predicted molar refractivity (Wildman–Crippen MR) is 88.9 cm³/mol. The van der Waals surface area contributed by atoms with E-state index in [0.29, 0.717) is 30.1 Å². The number of amides is 1. The molecular formula is C16H19FN4OS. The first-order chi connectivity index (χ1) is 11.3. The SMILES string of the molecule is O=C(NCCSCc1ccccc1F)c1n[nH]c2c1CNCC2. The number of fused-ring (bicyclic) bond motifs is 1. The van der Waals surface area contributed by atoms with Crippen LogP contribution in [0.1, 0.15) is 27.3 Å². The number of benzene rings is 1. The third-order valence-electron chi connectivity index (χ3n) is 3.77. The van der Waals surface area contributed by atoms with Gasteiger partial charge in [-0.3, -0.25) is 9.89 Å². The molecule has 7 heteroatoms. The molecule has 0 aliphatic carbocycles. The molecular weight excluding hydrogens is 315 g/mol. The number of nitrogens with one attached hydrogen (secondary N) is 3. The van der Waals surface area contributed by atoms with Crippen molar-refractivity contribution < 1.29 is 9.18 Å². The highest BCUT2D eigenvalue weighted by Crippen LogP contribution is 2.16. The van der Waals surface area contributed by atoms with Crippen LogP contribution in [0.25, 0.3) is 0 Å². The molecule has 1 aliphatic heterocycles. The lowest BCUT2D eigenvalue weighted by molar-refractivity contribution is 0.0950. The lowest BCUT2D eigenvalue weighted by Gasteiger charge is -2.12. The number of thioether (sulfide) groups is 1. The van der Waals surface area contributed by atoms with E-state index >= 15 is 0 Å². The van der Waals surface area contributed by atoms with Gasteiger partial charge in [0, 0.05) is 48.8 Å². The number of H-pyrrole nitrogens is 1. The van der Waals surface area contributed by atoms with Gasteiger partial charge in [-0.1, -0.05) is 18.2 Å². The highest BCUT2D eigenvalue weighted by molar-refractivity contribution is 7.98. The van der Waals surface area contributed by atoms with E-state index in [1.807, 2.05) is 6.07 Å². The van der Waals surface area contributed by atoms with Crippen LogP contribution in [0.15, 0.2) is 24.3 Å². The molecule has 1 amide bonds. The van der Waals surface area contributed by atoms with Crippen molar-refractivity contribution in [3.05, 3.63) is 52.6 Å². The summed E-state index contributed by atoms with van der Waals surface area (Å²) in [6, 6.07) is 6.76. The van der Waals surface area contributed by atoms with Gasteiger partial charge in [-0.15, -0.1) is 0 Å². The van der Waals surface area contributed by atoms with Crippen LogP contribution in [-0.4, -0.2) is 34.9 Å². The second-order valence-electron chi connectivity index (χ2n) is 5.36. The van der Waals surface area contributed by atoms with Gasteiger partial charge in [0.1, 0.15) is 5.82 Å². The van der Waals surface area contributed by atoms with Crippen molar-refractivity contribution in [3.63, 3.8) is 0 Å². The molecule has 0 bridgehead atoms. The Balaban J connectivity index is 1.43. The highest BCUT2D eigenvalue weighted by Gasteiger charge is 2.20. The van der Waals surface area contributed by atoms with Gasteiger partial charge in [-0.05, 0) is 11.6 Å². The van der Waals surface area contributed by atoms with E-state index in [9.17, 15) is 9.18 Å². The molecule has 23 heavy (non-hydrogen) atoms. The van der Waals surface area contributed by atoms with Crippen LogP contribution in [0.4, 0.5) is 4.39 Å². The zero-order valence-corrected chi connectivity index (χ0v) is 13.5. The smallest absolute Gasteiger partial charge is 0.272 e. The minimum absolute atomic E-state index is 0.155. The Hall–Kier alpha value is -1.86. The highest BCUT2D eigenvalue weighted by atomic mass is 32.2. The van der Waals surface area contributed by atoms with Gasteiger partial charge in [0.05, 0.1) is 0 Å².